The van der Waals surface area contributed by atoms with Crippen molar-refractivity contribution in [1.29, 1.82) is 0 Å². The molecule has 0 heterocycles. The van der Waals surface area contributed by atoms with Gasteiger partial charge in [-0.2, -0.15) is 0 Å². The highest BCUT2D eigenvalue weighted by Gasteiger charge is 2.22. The predicted molar refractivity (Wildman–Crippen MR) is 73.9 cm³/mol. The van der Waals surface area contributed by atoms with Crippen LogP contribution in [0.25, 0.3) is 0 Å². The van der Waals surface area contributed by atoms with Crippen LogP contribution in [0.5, 0.6) is 0 Å². The van der Waals surface area contributed by atoms with Crippen molar-refractivity contribution in [2.45, 2.75) is 66.0 Å². The number of rotatable bonds is 6. The second kappa shape index (κ2) is 8.02. The summed E-state index contributed by atoms with van der Waals surface area (Å²) in [7, 11) is 0. The van der Waals surface area contributed by atoms with E-state index in [0.29, 0.717) is 12.5 Å². The minimum atomic E-state index is -0.704. The summed E-state index contributed by atoms with van der Waals surface area (Å²) in [6, 6.07) is -0.704. The van der Waals surface area contributed by atoms with E-state index in [1.54, 1.807) is 27.7 Å². The highest BCUT2D eigenvalue weighted by Crippen LogP contribution is 2.09. The Labute approximate surface area is 116 Å². The quantitative estimate of drug-likeness (QED) is 0.756. The molecule has 5 nitrogen and oxygen atoms in total. The zero-order chi connectivity index (χ0) is 15.1. The number of hydrogen-bond acceptors (Lipinski definition) is 4. The Balaban J connectivity index is 4.10. The summed E-state index contributed by atoms with van der Waals surface area (Å²) in [5, 5.41) is 2.46. The molecule has 19 heavy (non-hydrogen) atoms. The maximum atomic E-state index is 11.7. The van der Waals surface area contributed by atoms with Crippen molar-refractivity contribution in [3.05, 3.63) is 0 Å². The average molecular weight is 273 g/mol. The molecule has 0 aliphatic heterocycles. The lowest BCUT2D eigenvalue weighted by Gasteiger charge is -2.21. The maximum Gasteiger partial charge on any atom is 0.408 e. The molecule has 0 aliphatic carbocycles. The molecule has 0 bridgehead atoms. The van der Waals surface area contributed by atoms with Crippen molar-refractivity contribution in [3.63, 3.8) is 0 Å². The van der Waals surface area contributed by atoms with Crippen LogP contribution < -0.4 is 5.32 Å². The molecule has 1 atom stereocenters. The van der Waals surface area contributed by atoms with Crippen LogP contribution in [0, 0.1) is 5.92 Å². The van der Waals surface area contributed by atoms with Crippen LogP contribution in [-0.2, 0) is 14.3 Å². The molecule has 0 aromatic rings. The van der Waals surface area contributed by atoms with Gasteiger partial charge in [0.15, 0.2) is 0 Å². The van der Waals surface area contributed by atoms with Gasteiger partial charge in [-0.3, -0.25) is 0 Å². The molecule has 0 radical (unpaired) electrons. The van der Waals surface area contributed by atoms with Crippen LogP contribution in [0.4, 0.5) is 4.79 Å². The normalized spacial score (nSPS) is 13.0. The van der Waals surface area contributed by atoms with Gasteiger partial charge < -0.3 is 14.8 Å². The van der Waals surface area contributed by atoms with E-state index < -0.39 is 23.7 Å². The van der Waals surface area contributed by atoms with Gasteiger partial charge in [0.1, 0.15) is 11.6 Å². The summed E-state index contributed by atoms with van der Waals surface area (Å²) in [6.07, 6.45) is 1.33. The fourth-order valence-electron chi connectivity index (χ4n) is 1.39. The third kappa shape index (κ3) is 8.46. The van der Waals surface area contributed by atoms with Crippen LogP contribution in [0.1, 0.15) is 54.4 Å². The van der Waals surface area contributed by atoms with Gasteiger partial charge in [-0.25, -0.2) is 9.59 Å². The van der Waals surface area contributed by atoms with E-state index in [1.807, 2.05) is 0 Å². The number of esters is 1. The largest absolute Gasteiger partial charge is 0.464 e. The lowest BCUT2D eigenvalue weighted by molar-refractivity contribution is -0.147. The first kappa shape index (κ1) is 17.7. The zero-order valence-corrected chi connectivity index (χ0v) is 12.9. The van der Waals surface area contributed by atoms with Gasteiger partial charge in [0, 0.05) is 0 Å². The lowest BCUT2D eigenvalue weighted by atomic mass is 10.1. The molecule has 0 aromatic heterocycles. The van der Waals surface area contributed by atoms with Crippen molar-refractivity contribution in [3.8, 4) is 0 Å². The van der Waals surface area contributed by atoms with E-state index in [2.05, 4.69) is 19.2 Å². The summed E-state index contributed by atoms with van der Waals surface area (Å²) in [4.78, 5) is 23.2. The first-order valence-corrected chi connectivity index (χ1v) is 6.85. The van der Waals surface area contributed by atoms with Gasteiger partial charge in [-0.1, -0.05) is 26.7 Å². The molecule has 0 aromatic carbocycles. The Morgan fingerprint density at radius 3 is 2.11 bits per heavy atom. The van der Waals surface area contributed by atoms with Crippen molar-refractivity contribution < 1.29 is 19.1 Å². The Morgan fingerprint density at radius 2 is 1.68 bits per heavy atom. The molecule has 1 N–H and O–H groups in total. The van der Waals surface area contributed by atoms with Gasteiger partial charge in [0.05, 0.1) is 6.61 Å². The standard InChI is InChI=1S/C14H27NO4/c1-7-11(8-2)9-18-12(16)10(3)15-13(17)19-14(4,5)6/h10-11H,7-9H2,1-6H3,(H,15,17)/t10-/m0/s1. The minimum Gasteiger partial charge on any atom is -0.464 e. The smallest absolute Gasteiger partial charge is 0.408 e. The summed E-state index contributed by atoms with van der Waals surface area (Å²) < 4.78 is 10.2. The van der Waals surface area contributed by atoms with Crippen LogP contribution in [0.15, 0.2) is 0 Å². The summed E-state index contributed by atoms with van der Waals surface area (Å²) in [5.41, 5.74) is -0.580. The summed E-state index contributed by atoms with van der Waals surface area (Å²) >= 11 is 0. The third-order valence-corrected chi connectivity index (χ3v) is 2.70. The number of amides is 1. The Hall–Kier alpha value is -1.26. The molecule has 0 saturated heterocycles. The Kier molecular flexibility index (Phi) is 7.49. The summed E-state index contributed by atoms with van der Waals surface area (Å²) in [6.45, 7) is 11.4. The van der Waals surface area contributed by atoms with Gasteiger partial charge in [0.2, 0.25) is 0 Å². The predicted octanol–water partition coefficient (Wildman–Crippen LogP) is 2.88. The van der Waals surface area contributed by atoms with Crippen LogP contribution >= 0.6 is 0 Å². The van der Waals surface area contributed by atoms with Crippen molar-refractivity contribution >= 4 is 12.1 Å². The topological polar surface area (TPSA) is 64.6 Å². The Bertz CT molecular complexity index is 292. The van der Waals surface area contributed by atoms with E-state index >= 15 is 0 Å². The molecule has 1 amide bonds. The molecule has 0 fully saturated rings. The zero-order valence-electron chi connectivity index (χ0n) is 12.9. The van der Waals surface area contributed by atoms with Gasteiger partial charge >= 0.3 is 12.1 Å². The highest BCUT2D eigenvalue weighted by atomic mass is 16.6. The number of carbonyl (C=O) groups is 2. The third-order valence-electron chi connectivity index (χ3n) is 2.70. The molecule has 0 aliphatic rings. The van der Waals surface area contributed by atoms with Crippen LogP contribution in [-0.4, -0.2) is 30.3 Å². The van der Waals surface area contributed by atoms with E-state index in [0.717, 1.165) is 12.8 Å². The molecule has 0 spiro atoms. The van der Waals surface area contributed by atoms with E-state index in [4.69, 9.17) is 9.47 Å². The number of alkyl carbamates (subject to hydrolysis) is 1. The molecule has 5 heteroatoms. The molecule has 0 unspecified atom stereocenters. The van der Waals surface area contributed by atoms with Gasteiger partial charge in [0.25, 0.3) is 0 Å². The average Bonchev–Trinajstić information content (AvgIpc) is 2.27. The fourth-order valence-corrected chi connectivity index (χ4v) is 1.39. The van der Waals surface area contributed by atoms with Gasteiger partial charge in [-0.05, 0) is 33.6 Å². The first-order chi connectivity index (χ1) is 8.69. The SMILES string of the molecule is CCC(CC)COC(=O)[C@H](C)NC(=O)OC(C)(C)C. The lowest BCUT2D eigenvalue weighted by Crippen LogP contribution is -2.42. The van der Waals surface area contributed by atoms with E-state index in [9.17, 15) is 9.59 Å². The van der Waals surface area contributed by atoms with Crippen molar-refractivity contribution in [2.75, 3.05) is 6.61 Å². The van der Waals surface area contributed by atoms with E-state index in [1.165, 1.54) is 0 Å². The number of ether oxygens (including phenoxy) is 2. The van der Waals surface area contributed by atoms with Gasteiger partial charge in [-0.15, -0.1) is 0 Å². The van der Waals surface area contributed by atoms with Crippen LogP contribution in [0.3, 0.4) is 0 Å². The monoisotopic (exact) mass is 273 g/mol. The Morgan fingerprint density at radius 1 is 1.16 bits per heavy atom. The summed E-state index contributed by atoms with van der Waals surface area (Å²) in [5.74, 6) is -0.0598. The second-order valence-electron chi connectivity index (χ2n) is 5.68. The van der Waals surface area contributed by atoms with E-state index in [-0.39, 0.29) is 0 Å². The fraction of sp³-hybridized carbons (Fsp3) is 0.857. The van der Waals surface area contributed by atoms with Crippen molar-refractivity contribution in [2.24, 2.45) is 5.92 Å². The molecular weight excluding hydrogens is 246 g/mol. The molecule has 0 saturated carbocycles. The molecule has 112 valence electrons. The number of carbonyl (C=O) groups excluding carboxylic acids is 2. The molecular formula is C14H27NO4. The number of nitrogens with one attached hydrogen (secondary N) is 1. The molecule has 0 rings (SSSR count). The minimum absolute atomic E-state index is 0.373. The van der Waals surface area contributed by atoms with Crippen LogP contribution in [0.2, 0.25) is 0 Å². The second-order valence-corrected chi connectivity index (χ2v) is 5.68. The highest BCUT2D eigenvalue weighted by molar-refractivity contribution is 5.81. The maximum absolute atomic E-state index is 11.7. The van der Waals surface area contributed by atoms with Crippen molar-refractivity contribution in [1.82, 2.24) is 5.32 Å². The first-order valence-electron chi connectivity index (χ1n) is 6.85. The number of hydrogen-bond donors (Lipinski definition) is 1.